The number of hydrogen-bond acceptors (Lipinski definition) is 2. The van der Waals surface area contributed by atoms with Crippen molar-refractivity contribution in [2.45, 2.75) is 6.92 Å². The topological polar surface area (TPSA) is 40.1 Å². The Bertz CT molecular complexity index is 30.6. The van der Waals surface area contributed by atoms with Gasteiger partial charge in [0, 0.05) is 5.97 Å². The van der Waals surface area contributed by atoms with Crippen molar-refractivity contribution in [2.24, 2.45) is 0 Å². The molecule has 0 saturated heterocycles. The molecule has 5 heavy (non-hydrogen) atoms. The van der Waals surface area contributed by atoms with Crippen molar-refractivity contribution in [3.8, 4) is 0 Å². The predicted octanol–water partition coefficient (Wildman–Crippen LogP) is -4.24. The second-order valence-corrected chi connectivity index (χ2v) is 0.492. The second kappa shape index (κ2) is 4.47. The van der Waals surface area contributed by atoms with E-state index < -0.39 is 5.97 Å². The Morgan fingerprint density at radius 1 is 1.80 bits per heavy atom. The fourth-order valence-corrected chi connectivity index (χ4v) is 0. The minimum absolute atomic E-state index is 0. The minimum Gasteiger partial charge on any atom is -0.550 e. The largest absolute Gasteiger partial charge is 1.00 e. The summed E-state index contributed by atoms with van der Waals surface area (Å²) in [6, 6.07) is 0. The minimum atomic E-state index is -1.08. The first-order chi connectivity index (χ1) is 1.73. The van der Waals surface area contributed by atoms with Crippen LogP contribution in [0.4, 0.5) is 0 Å². The Labute approximate surface area is 52.5 Å². The summed E-state index contributed by atoms with van der Waals surface area (Å²) in [4.78, 5) is 8.89. The zero-order chi connectivity index (χ0) is 3.58. The van der Waals surface area contributed by atoms with Crippen LogP contribution in [-0.4, -0.2) is 5.97 Å². The molecule has 0 unspecified atom stereocenters. The van der Waals surface area contributed by atoms with Gasteiger partial charge in [-0.3, -0.25) is 0 Å². The van der Waals surface area contributed by atoms with Gasteiger partial charge in [-0.1, -0.05) is 0 Å². The van der Waals surface area contributed by atoms with Crippen molar-refractivity contribution >= 4 is 5.97 Å². The first kappa shape index (κ1) is 9.08. The molecule has 0 aliphatic carbocycles. The van der Waals surface area contributed by atoms with Gasteiger partial charge in [0.05, 0.1) is 0 Å². The molecular formula is C2H3NaO2. The van der Waals surface area contributed by atoms with Crippen LogP contribution < -0.4 is 34.7 Å². The van der Waals surface area contributed by atoms with Gasteiger partial charge in [-0.05, 0) is 6.92 Å². The average Bonchev–Trinajstić information content (AvgIpc) is 0.811. The molecule has 0 heterocycles. The Balaban J connectivity index is 0. The smallest absolute Gasteiger partial charge is 0.550 e. The number of rotatable bonds is 0. The van der Waals surface area contributed by atoms with Crippen molar-refractivity contribution in [1.29, 1.82) is 0 Å². The van der Waals surface area contributed by atoms with Gasteiger partial charge in [-0.15, -0.1) is 0 Å². The molecule has 0 aliphatic rings. The molecule has 0 aromatic heterocycles. The van der Waals surface area contributed by atoms with Crippen LogP contribution in [0.25, 0.3) is 0 Å². The molecule has 0 rings (SSSR count). The number of carbonyl (C=O) groups is 1. The molecule has 0 atom stereocenters. The van der Waals surface area contributed by atoms with Crippen LogP contribution in [-0.2, 0) is 4.79 Å². The molecule has 0 aromatic carbocycles. The molecular weight excluding hydrogens is 81.0 g/mol. The van der Waals surface area contributed by atoms with E-state index in [0.29, 0.717) is 0 Å². The first-order valence-electron chi connectivity index (χ1n) is 0.908. The number of aliphatic carboxylic acids is 1. The number of carbonyl (C=O) groups excluding carboxylic acids is 1. The maximum Gasteiger partial charge on any atom is 1.00 e. The molecule has 0 aliphatic heterocycles. The van der Waals surface area contributed by atoms with Gasteiger partial charge in [-0.2, -0.15) is 0 Å². The summed E-state index contributed by atoms with van der Waals surface area (Å²) in [6.07, 6.45) is 0. The Kier molecular flexibility index (Phi) is 8.11. The number of carboxylic acids is 1. The van der Waals surface area contributed by atoms with Crippen molar-refractivity contribution in [2.75, 3.05) is 0 Å². The molecule has 0 N–H and O–H groups in total. The molecule has 0 saturated carbocycles. The predicted molar refractivity (Wildman–Crippen MR) is 10.7 cm³/mol. The van der Waals surface area contributed by atoms with Crippen molar-refractivity contribution in [1.82, 2.24) is 0 Å². The van der Waals surface area contributed by atoms with Gasteiger partial charge >= 0.3 is 29.6 Å². The van der Waals surface area contributed by atoms with E-state index in [1.807, 2.05) is 0 Å². The van der Waals surface area contributed by atoms with Gasteiger partial charge in [0.2, 0.25) is 0 Å². The summed E-state index contributed by atoms with van der Waals surface area (Å²) < 4.78 is 0. The fraction of sp³-hybridized carbons (Fsp3) is 0.500. The van der Waals surface area contributed by atoms with Crippen molar-refractivity contribution < 1.29 is 39.5 Å². The third kappa shape index (κ3) is 123. The Morgan fingerprint density at radius 3 is 1.80 bits per heavy atom. The third-order valence-corrected chi connectivity index (χ3v) is 0. The zero-order valence-electron chi connectivity index (χ0n) is 3.32. The number of hydrogen-bond donors (Lipinski definition) is 0. The van der Waals surface area contributed by atoms with Crippen LogP contribution in [0.2, 0.25) is 0 Å². The van der Waals surface area contributed by atoms with Crippen LogP contribution in [0.1, 0.15) is 6.92 Å². The van der Waals surface area contributed by atoms with Crippen LogP contribution in [0, 0.1) is 0 Å². The summed E-state index contributed by atoms with van der Waals surface area (Å²) in [6.45, 7) is 0.972. The molecule has 0 bridgehead atoms. The van der Waals surface area contributed by atoms with E-state index in [2.05, 4.69) is 0 Å². The summed E-state index contributed by atoms with van der Waals surface area (Å²) in [5.74, 6) is -1.08. The van der Waals surface area contributed by atoms with E-state index in [4.69, 9.17) is 9.90 Å². The molecule has 2 nitrogen and oxygen atoms in total. The normalized spacial score (nSPS) is 5.00. The first-order valence-corrected chi connectivity index (χ1v) is 0.908. The molecule has 0 amide bonds. The van der Waals surface area contributed by atoms with E-state index in [-0.39, 0.29) is 29.6 Å². The van der Waals surface area contributed by atoms with E-state index in [1.165, 1.54) is 0 Å². The summed E-state index contributed by atoms with van der Waals surface area (Å²) in [5.41, 5.74) is 0. The zero-order valence-corrected chi connectivity index (χ0v) is 5.32. The summed E-state index contributed by atoms with van der Waals surface area (Å²) >= 11 is 0. The van der Waals surface area contributed by atoms with Gasteiger partial charge < -0.3 is 9.90 Å². The third-order valence-electron chi connectivity index (χ3n) is 0. The van der Waals surface area contributed by atoms with Crippen LogP contribution in [0.15, 0.2) is 0 Å². The van der Waals surface area contributed by atoms with Crippen molar-refractivity contribution in [3.05, 3.63) is 0 Å². The Morgan fingerprint density at radius 2 is 1.80 bits per heavy atom. The van der Waals surface area contributed by atoms with Crippen molar-refractivity contribution in [3.63, 3.8) is 0 Å². The second-order valence-electron chi connectivity index (χ2n) is 0.492. The monoisotopic (exact) mass is 84.0 g/mol. The molecule has 24 valence electrons. The van der Waals surface area contributed by atoms with Gasteiger partial charge in [0.15, 0.2) is 0 Å². The summed E-state index contributed by atoms with van der Waals surface area (Å²) in [5, 5.41) is 8.89. The fourth-order valence-electron chi connectivity index (χ4n) is 0. The van der Waals surface area contributed by atoms with Crippen LogP contribution >= 0.6 is 0 Å². The van der Waals surface area contributed by atoms with Gasteiger partial charge in [-0.25, -0.2) is 0 Å². The van der Waals surface area contributed by atoms with E-state index in [1.54, 1.807) is 0 Å². The molecule has 3 heteroatoms. The molecule has 0 aromatic rings. The van der Waals surface area contributed by atoms with E-state index >= 15 is 0 Å². The van der Waals surface area contributed by atoms with Gasteiger partial charge in [0.1, 0.15) is 0 Å². The Hall–Kier alpha value is 0.470. The molecule has 0 radical (unpaired) electrons. The average molecular weight is 84.0 g/mol. The van der Waals surface area contributed by atoms with E-state index in [9.17, 15) is 0 Å². The van der Waals surface area contributed by atoms with E-state index in [0.717, 1.165) is 6.92 Å². The molecule has 0 fully saturated rings. The van der Waals surface area contributed by atoms with Gasteiger partial charge in [0.25, 0.3) is 0 Å². The van der Waals surface area contributed by atoms with Crippen LogP contribution in [0.3, 0.4) is 0 Å². The maximum absolute atomic E-state index is 8.89. The SMILES string of the molecule is [13CH3][13C](=O)[O-].[Na+]. The maximum atomic E-state index is 8.89. The van der Waals surface area contributed by atoms with Crippen LogP contribution in [0.5, 0.6) is 0 Å². The summed E-state index contributed by atoms with van der Waals surface area (Å²) in [7, 11) is 0. The molecule has 0 spiro atoms. The number of carboxylic acid groups (broad SMARTS) is 1. The quantitative estimate of drug-likeness (QED) is 0.220. The standard InChI is InChI=1S/C2H4O2.Na/c1-2(3)4;/h1H3,(H,3,4);/q;+1/p-1/i1+1,2+1;.